The Morgan fingerprint density at radius 3 is 2.31 bits per heavy atom. The van der Waals surface area contributed by atoms with Gasteiger partial charge < -0.3 is 14.7 Å². The summed E-state index contributed by atoms with van der Waals surface area (Å²) < 4.78 is 15.2. The van der Waals surface area contributed by atoms with E-state index < -0.39 is 8.25 Å². The third kappa shape index (κ3) is 8.48. The maximum atomic E-state index is 10.5. The molecule has 0 radical (unpaired) electrons. The van der Waals surface area contributed by atoms with Crippen LogP contribution in [-0.2, 0) is 27.5 Å². The maximum Gasteiger partial charge on any atom is 0.316 e. The first-order valence-electron chi connectivity index (χ1n) is 12.4. The molecule has 2 aromatic rings. The molecule has 5 heteroatoms. The van der Waals surface area contributed by atoms with Gasteiger partial charge in [-0.2, -0.15) is 0 Å². The van der Waals surface area contributed by atoms with E-state index in [1.807, 2.05) is 0 Å². The Morgan fingerprint density at radius 1 is 0.875 bits per heavy atom. The van der Waals surface area contributed by atoms with Crippen LogP contribution in [0, 0.1) is 0 Å². The van der Waals surface area contributed by atoms with Crippen molar-refractivity contribution < 1.29 is 14.0 Å². The minimum atomic E-state index is -2.79. The van der Waals surface area contributed by atoms with Gasteiger partial charge in [0.1, 0.15) is 0 Å². The predicted octanol–water partition coefficient (Wildman–Crippen LogP) is 6.57. The molecule has 1 fully saturated rings. The number of rotatable bonds is 14. The van der Waals surface area contributed by atoms with Crippen LogP contribution in [0.5, 0.6) is 0 Å². The summed E-state index contributed by atoms with van der Waals surface area (Å²) in [6.45, 7) is 1.92. The maximum absolute atomic E-state index is 10.5. The van der Waals surface area contributed by atoms with Crippen molar-refractivity contribution in [1.29, 1.82) is 0 Å². The van der Waals surface area contributed by atoms with Crippen LogP contribution in [0.3, 0.4) is 0 Å². The highest BCUT2D eigenvalue weighted by atomic mass is 31.1. The van der Waals surface area contributed by atoms with Crippen molar-refractivity contribution in [2.75, 3.05) is 13.2 Å². The lowest BCUT2D eigenvalue weighted by atomic mass is 9.66. The van der Waals surface area contributed by atoms with Gasteiger partial charge in [0.25, 0.3) is 0 Å². The van der Waals surface area contributed by atoms with E-state index in [2.05, 4.69) is 64.4 Å². The largest absolute Gasteiger partial charge is 0.326 e. The van der Waals surface area contributed by atoms with Crippen LogP contribution in [0.15, 0.2) is 54.6 Å². The van der Waals surface area contributed by atoms with Gasteiger partial charge in [0.15, 0.2) is 0 Å². The van der Waals surface area contributed by atoms with Gasteiger partial charge in [0.2, 0.25) is 0 Å². The normalized spacial score (nSPS) is 16.7. The number of unbranched alkanes of at least 4 members (excludes halogenated alkanes) is 2. The second kappa shape index (κ2) is 14.0. The van der Waals surface area contributed by atoms with E-state index in [-0.39, 0.29) is 0 Å². The molecule has 1 unspecified atom stereocenters. The molecule has 1 atom stereocenters. The Labute approximate surface area is 194 Å². The first kappa shape index (κ1) is 25.2. The molecule has 2 aromatic carbocycles. The van der Waals surface area contributed by atoms with Crippen LogP contribution in [0.2, 0.25) is 0 Å². The fourth-order valence-electron chi connectivity index (χ4n) is 5.09. The van der Waals surface area contributed by atoms with Crippen LogP contribution >= 0.6 is 8.25 Å². The Hall–Kier alpha value is -1.45. The lowest BCUT2D eigenvalue weighted by Gasteiger charge is -2.38. The van der Waals surface area contributed by atoms with Crippen molar-refractivity contribution in [3.8, 4) is 0 Å². The summed E-state index contributed by atoms with van der Waals surface area (Å²) in [5.74, 6) is 0. The molecule has 1 saturated carbocycles. The van der Waals surface area contributed by atoms with E-state index in [4.69, 9.17) is 4.89 Å². The molecule has 2 N–H and O–H groups in total. The first-order valence-corrected chi connectivity index (χ1v) is 13.6. The van der Waals surface area contributed by atoms with Crippen LogP contribution in [0.1, 0.15) is 80.9 Å². The molecule has 0 spiro atoms. The number of hydrogen-bond acceptors (Lipinski definition) is 3. The third-order valence-electron chi connectivity index (χ3n) is 6.89. The Kier molecular flexibility index (Phi) is 11.0. The quantitative estimate of drug-likeness (QED) is 0.249. The van der Waals surface area contributed by atoms with Crippen molar-refractivity contribution in [3.63, 3.8) is 0 Å². The molecule has 0 bridgehead atoms. The predicted molar refractivity (Wildman–Crippen MR) is 133 cm³/mol. The smallest absolute Gasteiger partial charge is 0.316 e. The van der Waals surface area contributed by atoms with Crippen LogP contribution < -0.4 is 5.32 Å². The highest BCUT2D eigenvalue weighted by Gasteiger charge is 2.32. The van der Waals surface area contributed by atoms with Crippen LogP contribution in [0.4, 0.5) is 0 Å². The minimum Gasteiger partial charge on any atom is -0.326 e. The van der Waals surface area contributed by atoms with Gasteiger partial charge in [0, 0.05) is 6.54 Å². The SMILES string of the molecule is O=[PH](O)OCCCNCc1ccc(CCCCCC2(c3ccccc3)CCCCC2)cc1. The molecular formula is C27H40NO3P. The van der Waals surface area contributed by atoms with Gasteiger partial charge >= 0.3 is 8.25 Å². The molecule has 4 nitrogen and oxygen atoms in total. The van der Waals surface area contributed by atoms with Crippen molar-refractivity contribution in [2.24, 2.45) is 0 Å². The second-order valence-corrected chi connectivity index (χ2v) is 10.0. The zero-order chi connectivity index (χ0) is 22.5. The molecular weight excluding hydrogens is 417 g/mol. The van der Waals surface area contributed by atoms with E-state index in [0.717, 1.165) is 25.9 Å². The molecule has 0 heterocycles. The molecule has 3 rings (SSSR count). The van der Waals surface area contributed by atoms with Crippen LogP contribution in [0.25, 0.3) is 0 Å². The summed E-state index contributed by atoms with van der Waals surface area (Å²) in [4.78, 5) is 8.63. The summed E-state index contributed by atoms with van der Waals surface area (Å²) in [6.07, 6.45) is 14.0. The average Bonchev–Trinajstić information content (AvgIpc) is 2.83. The van der Waals surface area contributed by atoms with Crippen molar-refractivity contribution in [3.05, 3.63) is 71.3 Å². The van der Waals surface area contributed by atoms with Gasteiger partial charge in [0.05, 0.1) is 6.61 Å². The van der Waals surface area contributed by atoms with E-state index >= 15 is 0 Å². The van der Waals surface area contributed by atoms with Crippen molar-refractivity contribution in [2.45, 2.75) is 82.6 Å². The topological polar surface area (TPSA) is 58.6 Å². The second-order valence-electron chi connectivity index (χ2n) is 9.23. The Morgan fingerprint density at radius 2 is 1.59 bits per heavy atom. The highest BCUT2D eigenvalue weighted by Crippen LogP contribution is 2.43. The Balaban J connectivity index is 1.33. The lowest BCUT2D eigenvalue weighted by molar-refractivity contribution is 0.265. The zero-order valence-corrected chi connectivity index (χ0v) is 20.4. The fourth-order valence-corrected chi connectivity index (χ4v) is 5.40. The van der Waals surface area contributed by atoms with Gasteiger partial charge in [-0.15, -0.1) is 0 Å². The summed E-state index contributed by atoms with van der Waals surface area (Å²) in [6, 6.07) is 20.2. The molecule has 0 aromatic heterocycles. The lowest BCUT2D eigenvalue weighted by Crippen LogP contribution is -2.29. The molecule has 32 heavy (non-hydrogen) atoms. The van der Waals surface area contributed by atoms with E-state index in [0.29, 0.717) is 12.0 Å². The average molecular weight is 458 g/mol. The van der Waals surface area contributed by atoms with Gasteiger partial charge in [-0.05, 0) is 67.2 Å². The molecule has 0 amide bonds. The van der Waals surface area contributed by atoms with Crippen LogP contribution in [-0.4, -0.2) is 18.0 Å². The first-order chi connectivity index (χ1) is 15.7. The summed E-state index contributed by atoms with van der Waals surface area (Å²) >= 11 is 0. The van der Waals surface area contributed by atoms with Gasteiger partial charge in [-0.1, -0.05) is 86.7 Å². The number of hydrogen-bond donors (Lipinski definition) is 2. The number of nitrogens with one attached hydrogen (secondary N) is 1. The van der Waals surface area contributed by atoms with E-state index in [1.54, 1.807) is 5.56 Å². The minimum absolute atomic E-state index is 0.326. The molecule has 1 aliphatic rings. The highest BCUT2D eigenvalue weighted by molar-refractivity contribution is 7.32. The zero-order valence-electron chi connectivity index (χ0n) is 19.4. The standard InChI is InChI=1S/C27H40NO3P/c29-32(30)31-22-10-21-28-23-25-16-14-24(15-17-25)11-4-2-7-18-27(19-8-3-9-20-27)26-12-5-1-6-13-26/h1,5-6,12-17,28,32H,2-4,7-11,18-23H2,(H,29,30). The summed E-state index contributed by atoms with van der Waals surface area (Å²) in [5, 5.41) is 3.35. The molecule has 0 saturated heterocycles. The Bertz CT molecular complexity index is 788. The monoisotopic (exact) mass is 457 g/mol. The van der Waals surface area contributed by atoms with Gasteiger partial charge in [-0.3, -0.25) is 4.57 Å². The van der Waals surface area contributed by atoms with E-state index in [9.17, 15) is 4.57 Å². The molecule has 1 aliphatic carbocycles. The molecule has 176 valence electrons. The van der Waals surface area contributed by atoms with Gasteiger partial charge in [-0.25, -0.2) is 0 Å². The number of benzene rings is 2. The van der Waals surface area contributed by atoms with Crippen molar-refractivity contribution >= 4 is 8.25 Å². The summed E-state index contributed by atoms with van der Waals surface area (Å²) in [5.41, 5.74) is 4.69. The number of aryl methyl sites for hydroxylation is 1. The van der Waals surface area contributed by atoms with Crippen molar-refractivity contribution in [1.82, 2.24) is 5.32 Å². The van der Waals surface area contributed by atoms with E-state index in [1.165, 1.54) is 68.9 Å². The fraction of sp³-hybridized carbons (Fsp3) is 0.556. The molecule has 0 aliphatic heterocycles. The summed E-state index contributed by atoms with van der Waals surface area (Å²) in [7, 11) is -2.79. The third-order valence-corrected chi connectivity index (χ3v) is 7.34.